The maximum atomic E-state index is 12.9. The Morgan fingerprint density at radius 3 is 2.00 bits per heavy atom. The van der Waals surface area contributed by atoms with Gasteiger partial charge in [0.15, 0.2) is 0 Å². The average molecular weight is 361 g/mol. The Labute approximate surface area is 162 Å². The van der Waals surface area contributed by atoms with Gasteiger partial charge in [-0.3, -0.25) is 4.79 Å². The third-order valence-electron chi connectivity index (χ3n) is 4.60. The van der Waals surface area contributed by atoms with E-state index in [0.717, 1.165) is 33.6 Å². The lowest BCUT2D eigenvalue weighted by Crippen LogP contribution is -2.19. The summed E-state index contributed by atoms with van der Waals surface area (Å²) < 4.78 is 0. The monoisotopic (exact) mass is 360 g/mol. The highest BCUT2D eigenvalue weighted by Crippen LogP contribution is 2.30. The molecule has 0 aliphatic heterocycles. The highest BCUT2D eigenvalue weighted by molar-refractivity contribution is 6.66. The van der Waals surface area contributed by atoms with Crippen molar-refractivity contribution in [3.8, 4) is 0 Å². The van der Waals surface area contributed by atoms with Gasteiger partial charge in [0.25, 0.3) is 0 Å². The molecule has 0 fully saturated rings. The molecule has 3 heteroatoms. The first-order valence-electron chi connectivity index (χ1n) is 9.23. The zero-order valence-electron chi connectivity index (χ0n) is 17.1. The minimum absolute atomic E-state index is 0.147. The van der Waals surface area contributed by atoms with Crippen LogP contribution in [0.25, 0.3) is 6.08 Å². The molecule has 0 saturated heterocycles. The van der Waals surface area contributed by atoms with Gasteiger partial charge in [0.05, 0.1) is 22.8 Å². The number of para-hydroxylation sites is 2. The molecule has 0 bridgehead atoms. The zero-order valence-corrected chi connectivity index (χ0v) is 17.1. The Balaban J connectivity index is 2.44. The molecular formula is C24H28N2O. The zero-order chi connectivity index (χ0) is 20.1. The van der Waals surface area contributed by atoms with Gasteiger partial charge in [-0.1, -0.05) is 62.9 Å². The second kappa shape index (κ2) is 8.72. The summed E-state index contributed by atoms with van der Waals surface area (Å²) in [5, 5.41) is 0. The van der Waals surface area contributed by atoms with Crippen LogP contribution < -0.4 is 0 Å². The summed E-state index contributed by atoms with van der Waals surface area (Å²) in [7, 11) is 0. The highest BCUT2D eigenvalue weighted by atomic mass is 16.1. The van der Waals surface area contributed by atoms with Gasteiger partial charge in [-0.05, 0) is 55.9 Å². The van der Waals surface area contributed by atoms with Gasteiger partial charge in [0, 0.05) is 0 Å². The van der Waals surface area contributed by atoms with E-state index in [9.17, 15) is 4.79 Å². The molecule has 0 atom stereocenters. The SMILES string of the molecule is C=Cc1cccc(C)c1/N=C(\C)C(=O)/C(C)=N/c1c(C)cccc1C(C)C. The third kappa shape index (κ3) is 4.68. The van der Waals surface area contributed by atoms with Crippen LogP contribution >= 0.6 is 0 Å². The standard InChI is InChI=1S/C24H28N2O/c1-8-20-13-9-11-16(4)22(20)25-18(6)24(27)19(7)26-23-17(5)12-10-14-21(23)15(2)3/h8-15H,1H2,2-7H3/b25-18+,26-19+. The number of aryl methyl sites for hydroxylation is 2. The number of hydrogen-bond donors (Lipinski definition) is 0. The van der Waals surface area contributed by atoms with Crippen molar-refractivity contribution in [1.29, 1.82) is 0 Å². The van der Waals surface area contributed by atoms with E-state index in [4.69, 9.17) is 0 Å². The minimum Gasteiger partial charge on any atom is -0.286 e. The van der Waals surface area contributed by atoms with Crippen molar-refractivity contribution >= 4 is 34.7 Å². The first-order chi connectivity index (χ1) is 12.8. The molecule has 0 aliphatic rings. The molecule has 0 unspecified atom stereocenters. The maximum absolute atomic E-state index is 12.9. The molecule has 0 aliphatic carbocycles. The van der Waals surface area contributed by atoms with Crippen LogP contribution in [0.15, 0.2) is 53.0 Å². The molecule has 2 aromatic rings. The maximum Gasteiger partial charge on any atom is 0.220 e. The summed E-state index contributed by atoms with van der Waals surface area (Å²) in [4.78, 5) is 22.1. The fourth-order valence-electron chi connectivity index (χ4n) is 3.00. The first kappa shape index (κ1) is 20.5. The normalized spacial score (nSPS) is 12.4. The number of carbonyl (C=O) groups is 1. The lowest BCUT2D eigenvalue weighted by molar-refractivity contribution is -0.107. The van der Waals surface area contributed by atoms with E-state index in [1.807, 2.05) is 44.2 Å². The van der Waals surface area contributed by atoms with Crippen LogP contribution in [-0.2, 0) is 4.79 Å². The van der Waals surface area contributed by atoms with Gasteiger partial charge < -0.3 is 0 Å². The lowest BCUT2D eigenvalue weighted by Gasteiger charge is -2.12. The third-order valence-corrected chi connectivity index (χ3v) is 4.60. The number of nitrogens with zero attached hydrogens (tertiary/aromatic N) is 2. The fraction of sp³-hybridized carbons (Fsp3) is 0.292. The van der Waals surface area contributed by atoms with Gasteiger partial charge in [-0.15, -0.1) is 0 Å². The van der Waals surface area contributed by atoms with Gasteiger partial charge in [-0.2, -0.15) is 0 Å². The first-order valence-corrected chi connectivity index (χ1v) is 9.23. The summed E-state index contributed by atoms with van der Waals surface area (Å²) in [6.07, 6.45) is 1.76. The smallest absolute Gasteiger partial charge is 0.220 e. The second-order valence-corrected chi connectivity index (χ2v) is 7.11. The molecule has 27 heavy (non-hydrogen) atoms. The van der Waals surface area contributed by atoms with Crippen LogP contribution in [-0.4, -0.2) is 17.2 Å². The molecule has 0 spiro atoms. The van der Waals surface area contributed by atoms with Crippen molar-refractivity contribution in [2.75, 3.05) is 0 Å². The molecule has 0 saturated carbocycles. The quantitative estimate of drug-likeness (QED) is 0.540. The Morgan fingerprint density at radius 2 is 1.44 bits per heavy atom. The van der Waals surface area contributed by atoms with Crippen molar-refractivity contribution < 1.29 is 4.79 Å². The van der Waals surface area contributed by atoms with Crippen LogP contribution in [0.4, 0.5) is 11.4 Å². The topological polar surface area (TPSA) is 41.8 Å². The van der Waals surface area contributed by atoms with Crippen molar-refractivity contribution in [2.45, 2.75) is 47.5 Å². The molecule has 2 rings (SSSR count). The van der Waals surface area contributed by atoms with E-state index in [-0.39, 0.29) is 5.78 Å². The van der Waals surface area contributed by atoms with Crippen molar-refractivity contribution in [1.82, 2.24) is 0 Å². The van der Waals surface area contributed by atoms with E-state index in [2.05, 4.69) is 36.5 Å². The molecule has 140 valence electrons. The highest BCUT2D eigenvalue weighted by Gasteiger charge is 2.15. The molecule has 0 N–H and O–H groups in total. The number of carbonyl (C=O) groups excluding carboxylic acids is 1. The molecule has 0 aromatic heterocycles. The van der Waals surface area contributed by atoms with Crippen molar-refractivity contribution in [3.63, 3.8) is 0 Å². The number of benzene rings is 2. The number of aliphatic imine (C=N–C) groups is 2. The predicted molar refractivity (Wildman–Crippen MR) is 117 cm³/mol. The molecule has 0 heterocycles. The fourth-order valence-corrected chi connectivity index (χ4v) is 3.00. The Hall–Kier alpha value is -2.81. The van der Waals surface area contributed by atoms with E-state index >= 15 is 0 Å². The molecule has 3 nitrogen and oxygen atoms in total. The largest absolute Gasteiger partial charge is 0.286 e. The van der Waals surface area contributed by atoms with Gasteiger partial charge >= 0.3 is 0 Å². The number of Topliss-reactive ketones (excluding diaryl/α,β-unsaturated/α-hetero) is 1. The van der Waals surface area contributed by atoms with E-state index in [1.54, 1.807) is 19.9 Å². The van der Waals surface area contributed by atoms with E-state index in [0.29, 0.717) is 17.3 Å². The van der Waals surface area contributed by atoms with Gasteiger partial charge in [0.2, 0.25) is 5.78 Å². The Kier molecular flexibility index (Phi) is 6.62. The van der Waals surface area contributed by atoms with Crippen molar-refractivity contribution in [3.05, 3.63) is 65.2 Å². The van der Waals surface area contributed by atoms with Crippen LogP contribution in [0, 0.1) is 13.8 Å². The van der Waals surface area contributed by atoms with E-state index < -0.39 is 0 Å². The second-order valence-electron chi connectivity index (χ2n) is 7.11. The number of rotatable bonds is 6. The molecule has 0 amide bonds. The summed E-state index contributed by atoms with van der Waals surface area (Å²) in [6.45, 7) is 15.6. The molecule has 2 aromatic carbocycles. The minimum atomic E-state index is -0.147. The molecular weight excluding hydrogens is 332 g/mol. The predicted octanol–water partition coefficient (Wildman–Crippen LogP) is 6.52. The molecule has 0 radical (unpaired) electrons. The summed E-state index contributed by atoms with van der Waals surface area (Å²) in [6, 6.07) is 12.0. The lowest BCUT2D eigenvalue weighted by atomic mass is 9.98. The van der Waals surface area contributed by atoms with Crippen LogP contribution in [0.3, 0.4) is 0 Å². The van der Waals surface area contributed by atoms with E-state index in [1.165, 1.54) is 0 Å². The summed E-state index contributed by atoms with van der Waals surface area (Å²) >= 11 is 0. The Bertz CT molecular complexity index is 933. The van der Waals surface area contributed by atoms with Crippen LogP contribution in [0.5, 0.6) is 0 Å². The number of hydrogen-bond acceptors (Lipinski definition) is 3. The van der Waals surface area contributed by atoms with Gasteiger partial charge in [0.1, 0.15) is 0 Å². The van der Waals surface area contributed by atoms with Crippen LogP contribution in [0.2, 0.25) is 0 Å². The average Bonchev–Trinajstić information content (AvgIpc) is 2.63. The van der Waals surface area contributed by atoms with Crippen LogP contribution in [0.1, 0.15) is 55.9 Å². The summed E-state index contributed by atoms with van der Waals surface area (Å²) in [5.74, 6) is 0.189. The number of ketones is 1. The van der Waals surface area contributed by atoms with Gasteiger partial charge in [-0.25, -0.2) is 9.98 Å². The Morgan fingerprint density at radius 1 is 0.926 bits per heavy atom. The summed E-state index contributed by atoms with van der Waals surface area (Å²) in [5.41, 5.74) is 6.67. The van der Waals surface area contributed by atoms with Crippen molar-refractivity contribution in [2.24, 2.45) is 9.98 Å².